The number of halogens is 3. The Kier molecular flexibility index (Phi) is 6.75. The van der Waals surface area contributed by atoms with E-state index in [2.05, 4.69) is 0 Å². The lowest BCUT2D eigenvalue weighted by Gasteiger charge is -2.30. The Labute approximate surface area is 205 Å². The van der Waals surface area contributed by atoms with Gasteiger partial charge in [0.25, 0.3) is 5.91 Å². The molecule has 5 nitrogen and oxygen atoms in total. The lowest BCUT2D eigenvalue weighted by molar-refractivity contribution is -0.122. The SMILES string of the molecule is O=C(O)c1ccc(CN2C(=O)c3ccc(Cl)cc3CC(=O)[C@@H]2Cc2ccc(Cl)c(Cl)c2)cc1. The Hall–Kier alpha value is -2.86. The summed E-state index contributed by atoms with van der Waals surface area (Å²) in [5, 5.41) is 10.4. The number of amides is 1. The van der Waals surface area contributed by atoms with Gasteiger partial charge in [-0.3, -0.25) is 9.59 Å². The minimum Gasteiger partial charge on any atom is -0.478 e. The van der Waals surface area contributed by atoms with Crippen molar-refractivity contribution in [2.75, 3.05) is 0 Å². The van der Waals surface area contributed by atoms with Crippen LogP contribution in [0.4, 0.5) is 0 Å². The summed E-state index contributed by atoms with van der Waals surface area (Å²) in [6.45, 7) is 0.137. The highest BCUT2D eigenvalue weighted by Crippen LogP contribution is 2.29. The Morgan fingerprint density at radius 3 is 2.27 bits per heavy atom. The number of ketones is 1. The molecule has 0 fully saturated rings. The van der Waals surface area contributed by atoms with Gasteiger partial charge >= 0.3 is 5.97 Å². The van der Waals surface area contributed by atoms with Crippen LogP contribution in [0.15, 0.2) is 60.7 Å². The number of fused-ring (bicyclic) bond motifs is 1. The third-order valence-electron chi connectivity index (χ3n) is 5.64. The van der Waals surface area contributed by atoms with E-state index in [0.717, 1.165) is 5.56 Å². The first kappa shape index (κ1) is 23.3. The van der Waals surface area contributed by atoms with Gasteiger partial charge in [0.1, 0.15) is 0 Å². The summed E-state index contributed by atoms with van der Waals surface area (Å²) in [7, 11) is 0. The summed E-state index contributed by atoms with van der Waals surface area (Å²) >= 11 is 18.3. The van der Waals surface area contributed by atoms with E-state index >= 15 is 0 Å². The van der Waals surface area contributed by atoms with Crippen molar-refractivity contribution in [2.45, 2.75) is 25.4 Å². The van der Waals surface area contributed by atoms with Crippen LogP contribution in [-0.2, 0) is 24.2 Å². The van der Waals surface area contributed by atoms with E-state index in [0.29, 0.717) is 31.8 Å². The highest BCUT2D eigenvalue weighted by Gasteiger charge is 2.35. The number of carboxylic acid groups (broad SMARTS) is 1. The standard InChI is InChI=1S/C25H18Cl3NO4/c26-18-6-7-19-17(11-18)12-23(30)22(10-15-3-8-20(27)21(28)9-15)29(24(19)31)13-14-1-4-16(5-2-14)25(32)33/h1-9,11,22H,10,12-13H2,(H,32,33)/t22-/m0/s1. The number of hydrogen-bond acceptors (Lipinski definition) is 3. The Balaban J connectivity index is 1.73. The number of benzene rings is 3. The molecule has 1 atom stereocenters. The van der Waals surface area contributed by atoms with Gasteiger partial charge in [-0.05, 0) is 59.2 Å². The van der Waals surface area contributed by atoms with E-state index in [1.54, 1.807) is 48.5 Å². The van der Waals surface area contributed by atoms with Gasteiger partial charge in [0, 0.05) is 30.0 Å². The molecule has 4 rings (SSSR count). The highest BCUT2D eigenvalue weighted by atomic mass is 35.5. The van der Waals surface area contributed by atoms with Crippen LogP contribution in [0.1, 0.15) is 37.4 Å². The molecule has 3 aromatic carbocycles. The molecule has 1 N–H and O–H groups in total. The number of nitrogens with zero attached hydrogens (tertiary/aromatic N) is 1. The molecule has 1 aliphatic heterocycles. The zero-order valence-electron chi connectivity index (χ0n) is 17.2. The van der Waals surface area contributed by atoms with E-state index in [-0.39, 0.29) is 36.6 Å². The van der Waals surface area contributed by atoms with Crippen LogP contribution in [0.5, 0.6) is 0 Å². The molecule has 0 unspecified atom stereocenters. The van der Waals surface area contributed by atoms with E-state index in [4.69, 9.17) is 39.9 Å². The van der Waals surface area contributed by atoms with Crippen molar-refractivity contribution >= 4 is 52.5 Å². The molecular formula is C25H18Cl3NO4. The van der Waals surface area contributed by atoms with Crippen LogP contribution < -0.4 is 0 Å². The van der Waals surface area contributed by atoms with Gasteiger partial charge in [-0.2, -0.15) is 0 Å². The maximum Gasteiger partial charge on any atom is 0.335 e. The summed E-state index contributed by atoms with van der Waals surface area (Å²) in [6, 6.07) is 15.5. The summed E-state index contributed by atoms with van der Waals surface area (Å²) in [5.74, 6) is -1.46. The fraction of sp³-hybridized carbons (Fsp3) is 0.160. The van der Waals surface area contributed by atoms with Crippen molar-refractivity contribution in [3.63, 3.8) is 0 Å². The van der Waals surface area contributed by atoms with Crippen molar-refractivity contribution < 1.29 is 19.5 Å². The highest BCUT2D eigenvalue weighted by molar-refractivity contribution is 6.42. The largest absolute Gasteiger partial charge is 0.478 e. The zero-order chi connectivity index (χ0) is 23.7. The fourth-order valence-corrected chi connectivity index (χ4v) is 4.45. The molecule has 0 aliphatic carbocycles. The van der Waals surface area contributed by atoms with Gasteiger partial charge < -0.3 is 10.0 Å². The van der Waals surface area contributed by atoms with Gasteiger partial charge in [0.05, 0.1) is 21.7 Å². The fourth-order valence-electron chi connectivity index (χ4n) is 3.94. The van der Waals surface area contributed by atoms with Crippen molar-refractivity contribution in [1.82, 2.24) is 4.90 Å². The van der Waals surface area contributed by atoms with Gasteiger partial charge in [0.2, 0.25) is 0 Å². The molecule has 8 heteroatoms. The minimum absolute atomic E-state index is 0.0715. The smallest absolute Gasteiger partial charge is 0.335 e. The van der Waals surface area contributed by atoms with Gasteiger partial charge in [-0.25, -0.2) is 4.79 Å². The lowest BCUT2D eigenvalue weighted by atomic mass is 9.97. The monoisotopic (exact) mass is 501 g/mol. The second kappa shape index (κ2) is 9.56. The van der Waals surface area contributed by atoms with E-state index < -0.39 is 12.0 Å². The third kappa shape index (κ3) is 5.06. The van der Waals surface area contributed by atoms with E-state index in [1.165, 1.54) is 17.0 Å². The van der Waals surface area contributed by atoms with Crippen molar-refractivity contribution in [3.05, 3.63) is 104 Å². The summed E-state index contributed by atoms with van der Waals surface area (Å²) in [5.41, 5.74) is 2.62. The number of carboxylic acids is 1. The summed E-state index contributed by atoms with van der Waals surface area (Å²) < 4.78 is 0. The molecule has 0 saturated carbocycles. The molecule has 0 spiro atoms. The second-order valence-corrected chi connectivity index (χ2v) is 9.10. The topological polar surface area (TPSA) is 74.7 Å². The maximum atomic E-state index is 13.6. The van der Waals surface area contributed by atoms with Crippen LogP contribution >= 0.6 is 34.8 Å². The first-order valence-electron chi connectivity index (χ1n) is 10.1. The van der Waals surface area contributed by atoms with Crippen molar-refractivity contribution in [2.24, 2.45) is 0 Å². The zero-order valence-corrected chi connectivity index (χ0v) is 19.5. The molecule has 33 heavy (non-hydrogen) atoms. The number of aromatic carboxylic acids is 1. The van der Waals surface area contributed by atoms with Gasteiger partial charge in [0.15, 0.2) is 5.78 Å². The number of carbonyl (C=O) groups excluding carboxylic acids is 2. The second-order valence-electron chi connectivity index (χ2n) is 7.85. The number of hydrogen-bond donors (Lipinski definition) is 1. The predicted molar refractivity (Wildman–Crippen MR) is 127 cm³/mol. The molecule has 0 aromatic heterocycles. The first-order valence-corrected chi connectivity index (χ1v) is 11.2. The van der Waals surface area contributed by atoms with E-state index in [1.807, 2.05) is 0 Å². The quantitative estimate of drug-likeness (QED) is 0.484. The normalized spacial score (nSPS) is 15.8. The predicted octanol–water partition coefficient (Wildman–Crippen LogP) is 5.72. The molecule has 0 bridgehead atoms. The molecule has 168 valence electrons. The molecule has 1 heterocycles. The maximum absolute atomic E-state index is 13.6. The van der Waals surface area contributed by atoms with Crippen LogP contribution in [0.3, 0.4) is 0 Å². The van der Waals surface area contributed by atoms with Crippen molar-refractivity contribution in [1.29, 1.82) is 0 Å². The number of carbonyl (C=O) groups is 3. The molecule has 1 amide bonds. The summed E-state index contributed by atoms with van der Waals surface area (Å²) in [4.78, 5) is 39.6. The molecule has 3 aromatic rings. The Morgan fingerprint density at radius 1 is 0.909 bits per heavy atom. The molecular weight excluding hydrogens is 485 g/mol. The number of rotatable bonds is 5. The van der Waals surface area contributed by atoms with Crippen LogP contribution in [0.25, 0.3) is 0 Å². The first-order chi connectivity index (χ1) is 15.7. The molecule has 1 aliphatic rings. The molecule has 0 saturated heterocycles. The van der Waals surface area contributed by atoms with Crippen LogP contribution in [0, 0.1) is 0 Å². The minimum atomic E-state index is -1.04. The van der Waals surface area contributed by atoms with E-state index in [9.17, 15) is 14.4 Å². The lowest BCUT2D eigenvalue weighted by Crippen LogP contribution is -2.44. The Morgan fingerprint density at radius 2 is 1.61 bits per heavy atom. The van der Waals surface area contributed by atoms with Crippen LogP contribution in [0.2, 0.25) is 15.1 Å². The molecule has 0 radical (unpaired) electrons. The average molecular weight is 503 g/mol. The Bertz CT molecular complexity index is 1260. The number of Topliss-reactive ketones (excluding diaryl/α,β-unsaturated/α-hetero) is 1. The third-order valence-corrected chi connectivity index (χ3v) is 6.61. The van der Waals surface area contributed by atoms with Crippen LogP contribution in [-0.4, -0.2) is 33.7 Å². The summed E-state index contributed by atoms with van der Waals surface area (Å²) in [6.07, 6.45) is 0.332. The average Bonchev–Trinajstić information content (AvgIpc) is 2.86. The van der Waals surface area contributed by atoms with Gasteiger partial charge in [-0.1, -0.05) is 53.0 Å². The van der Waals surface area contributed by atoms with Gasteiger partial charge in [-0.15, -0.1) is 0 Å². The van der Waals surface area contributed by atoms with Crippen molar-refractivity contribution in [3.8, 4) is 0 Å².